The van der Waals surface area contributed by atoms with Crippen molar-refractivity contribution in [2.75, 3.05) is 0 Å². The second kappa shape index (κ2) is 4.69. The van der Waals surface area contributed by atoms with E-state index in [1.807, 2.05) is 12.3 Å². The Morgan fingerprint density at radius 2 is 2.24 bits per heavy atom. The molecule has 1 aliphatic carbocycles. The molecule has 1 fully saturated rings. The van der Waals surface area contributed by atoms with Gasteiger partial charge in [-0.3, -0.25) is 14.0 Å². The van der Waals surface area contributed by atoms with Crippen LogP contribution in [-0.4, -0.2) is 19.7 Å². The average molecular weight is 347 g/mol. The first-order chi connectivity index (χ1) is 9.74. The van der Waals surface area contributed by atoms with Gasteiger partial charge in [0.2, 0.25) is 0 Å². The lowest BCUT2D eigenvalue weighted by molar-refractivity contribution is -0.151. The SMILES string of the molecule is Cc1csc2nc(COC(=O)[C@]3(C)CC3(Cl)Cl)cc(=O)n12. The quantitative estimate of drug-likeness (QED) is 0.633. The van der Waals surface area contributed by atoms with Crippen LogP contribution in [0.2, 0.25) is 0 Å². The first kappa shape index (κ1) is 14.8. The Hall–Kier alpha value is -1.11. The molecule has 0 aromatic carbocycles. The van der Waals surface area contributed by atoms with Crippen LogP contribution in [-0.2, 0) is 16.1 Å². The number of nitrogens with zero attached hydrogens (tertiary/aromatic N) is 2. The number of hydrogen-bond donors (Lipinski definition) is 0. The molecule has 2 aromatic rings. The Morgan fingerprint density at radius 1 is 1.57 bits per heavy atom. The van der Waals surface area contributed by atoms with E-state index < -0.39 is 15.7 Å². The fourth-order valence-corrected chi connectivity index (χ4v) is 3.67. The van der Waals surface area contributed by atoms with E-state index in [0.717, 1.165) is 5.69 Å². The van der Waals surface area contributed by atoms with Crippen LogP contribution >= 0.6 is 34.5 Å². The third-order valence-electron chi connectivity index (χ3n) is 3.69. The maximum Gasteiger partial charge on any atom is 0.315 e. The van der Waals surface area contributed by atoms with E-state index in [4.69, 9.17) is 27.9 Å². The van der Waals surface area contributed by atoms with Gasteiger partial charge in [-0.2, -0.15) is 0 Å². The van der Waals surface area contributed by atoms with Crippen LogP contribution in [0.5, 0.6) is 0 Å². The van der Waals surface area contributed by atoms with E-state index >= 15 is 0 Å². The number of aromatic nitrogens is 2. The van der Waals surface area contributed by atoms with Gasteiger partial charge in [0.1, 0.15) is 16.4 Å². The highest BCUT2D eigenvalue weighted by Gasteiger charge is 2.69. The molecule has 0 amide bonds. The van der Waals surface area contributed by atoms with Gasteiger partial charge in [-0.15, -0.1) is 34.5 Å². The molecule has 0 unspecified atom stereocenters. The fourth-order valence-electron chi connectivity index (χ4n) is 2.09. The van der Waals surface area contributed by atoms with Crippen molar-refractivity contribution in [1.29, 1.82) is 0 Å². The number of hydrogen-bond acceptors (Lipinski definition) is 5. The smallest absolute Gasteiger partial charge is 0.315 e. The summed E-state index contributed by atoms with van der Waals surface area (Å²) in [5.41, 5.74) is 0.172. The van der Waals surface area contributed by atoms with Crippen LogP contribution in [0.3, 0.4) is 0 Å². The maximum absolute atomic E-state index is 12.0. The highest BCUT2D eigenvalue weighted by Crippen LogP contribution is 2.64. The Balaban J connectivity index is 1.78. The number of aryl methyl sites for hydroxylation is 1. The summed E-state index contributed by atoms with van der Waals surface area (Å²) in [4.78, 5) is 28.8. The van der Waals surface area contributed by atoms with Crippen LogP contribution in [0.4, 0.5) is 0 Å². The molecule has 1 saturated carbocycles. The lowest BCUT2D eigenvalue weighted by Crippen LogP contribution is -2.22. The topological polar surface area (TPSA) is 60.7 Å². The molecule has 2 heterocycles. The van der Waals surface area contributed by atoms with Crippen molar-refractivity contribution in [3.8, 4) is 0 Å². The molecule has 8 heteroatoms. The van der Waals surface area contributed by atoms with Crippen LogP contribution in [0.15, 0.2) is 16.2 Å². The van der Waals surface area contributed by atoms with Crippen molar-refractivity contribution >= 4 is 45.5 Å². The van der Waals surface area contributed by atoms with Crippen molar-refractivity contribution in [3.05, 3.63) is 33.2 Å². The minimum absolute atomic E-state index is 0.0685. The van der Waals surface area contributed by atoms with Crippen LogP contribution < -0.4 is 5.56 Å². The zero-order valence-corrected chi connectivity index (χ0v) is 13.7. The number of alkyl halides is 2. The van der Waals surface area contributed by atoms with E-state index in [0.29, 0.717) is 17.1 Å². The molecule has 0 N–H and O–H groups in total. The summed E-state index contributed by atoms with van der Waals surface area (Å²) in [6.45, 7) is 3.42. The number of ether oxygens (including phenoxy) is 1. The van der Waals surface area contributed by atoms with Crippen molar-refractivity contribution in [1.82, 2.24) is 9.38 Å². The van der Waals surface area contributed by atoms with Gasteiger partial charge in [-0.25, -0.2) is 4.98 Å². The molecule has 0 radical (unpaired) electrons. The summed E-state index contributed by atoms with van der Waals surface area (Å²) in [5.74, 6) is -0.475. The van der Waals surface area contributed by atoms with Gasteiger partial charge in [-0.05, 0) is 13.8 Å². The molecule has 5 nitrogen and oxygen atoms in total. The molecule has 21 heavy (non-hydrogen) atoms. The third-order valence-corrected chi connectivity index (χ3v) is 5.73. The lowest BCUT2D eigenvalue weighted by atomic mass is 10.1. The molecule has 3 rings (SSSR count). The highest BCUT2D eigenvalue weighted by molar-refractivity contribution is 7.15. The van der Waals surface area contributed by atoms with Gasteiger partial charge < -0.3 is 4.74 Å². The molecule has 2 aromatic heterocycles. The summed E-state index contributed by atoms with van der Waals surface area (Å²) in [7, 11) is 0. The van der Waals surface area contributed by atoms with E-state index in [-0.39, 0.29) is 12.2 Å². The minimum Gasteiger partial charge on any atom is -0.459 e. The average Bonchev–Trinajstić information content (AvgIpc) is 2.74. The molecular weight excluding hydrogens is 335 g/mol. The number of thiazole rings is 1. The Labute approximate surface area is 134 Å². The molecule has 0 spiro atoms. The number of esters is 1. The van der Waals surface area contributed by atoms with Gasteiger partial charge in [0.05, 0.1) is 5.69 Å². The Bertz CT molecular complexity index is 798. The lowest BCUT2D eigenvalue weighted by Gasteiger charge is -2.11. The monoisotopic (exact) mass is 346 g/mol. The largest absolute Gasteiger partial charge is 0.459 e. The summed E-state index contributed by atoms with van der Waals surface area (Å²) in [6.07, 6.45) is 0.362. The van der Waals surface area contributed by atoms with Crippen LogP contribution in [0.25, 0.3) is 4.96 Å². The van der Waals surface area contributed by atoms with Gasteiger partial charge in [-0.1, -0.05) is 0 Å². The van der Waals surface area contributed by atoms with Gasteiger partial charge in [0, 0.05) is 23.6 Å². The zero-order chi connectivity index (χ0) is 15.4. The van der Waals surface area contributed by atoms with E-state index in [2.05, 4.69) is 4.98 Å². The van der Waals surface area contributed by atoms with Crippen molar-refractivity contribution in [2.45, 2.75) is 31.2 Å². The number of rotatable bonds is 3. The highest BCUT2D eigenvalue weighted by atomic mass is 35.5. The summed E-state index contributed by atoms with van der Waals surface area (Å²) in [5, 5.41) is 1.85. The number of fused-ring (bicyclic) bond motifs is 1. The van der Waals surface area contributed by atoms with Crippen molar-refractivity contribution in [2.24, 2.45) is 5.41 Å². The van der Waals surface area contributed by atoms with Crippen molar-refractivity contribution < 1.29 is 9.53 Å². The first-order valence-electron chi connectivity index (χ1n) is 6.26. The van der Waals surface area contributed by atoms with Gasteiger partial charge in [0.25, 0.3) is 5.56 Å². The maximum atomic E-state index is 12.0. The second-order valence-electron chi connectivity index (χ2n) is 5.37. The zero-order valence-electron chi connectivity index (χ0n) is 11.4. The molecule has 1 aliphatic rings. The van der Waals surface area contributed by atoms with E-state index in [1.165, 1.54) is 21.8 Å². The standard InChI is InChI=1S/C13H12Cl2N2O3S/c1-7-5-21-11-16-8(3-9(18)17(7)11)4-20-10(19)12(2)6-13(12,14)15/h3,5H,4,6H2,1-2H3/t12-/m0/s1. The summed E-state index contributed by atoms with van der Waals surface area (Å²) >= 11 is 13.2. The molecule has 112 valence electrons. The predicted octanol–water partition coefficient (Wildman–Crippen LogP) is 2.69. The van der Waals surface area contributed by atoms with Gasteiger partial charge in [0.15, 0.2) is 4.96 Å². The predicted molar refractivity (Wildman–Crippen MR) is 81.0 cm³/mol. The first-order valence-corrected chi connectivity index (χ1v) is 7.90. The second-order valence-corrected chi connectivity index (χ2v) is 7.69. The molecule has 1 atom stereocenters. The molecular formula is C13H12Cl2N2O3S. The number of carbonyl (C=O) groups excluding carboxylic acids is 1. The normalized spacial score (nSPS) is 23.2. The van der Waals surface area contributed by atoms with E-state index in [1.54, 1.807) is 6.92 Å². The fraction of sp³-hybridized carbons (Fsp3) is 0.462. The Kier molecular flexibility index (Phi) is 3.31. The van der Waals surface area contributed by atoms with Crippen molar-refractivity contribution in [3.63, 3.8) is 0 Å². The van der Waals surface area contributed by atoms with Crippen LogP contribution in [0.1, 0.15) is 24.7 Å². The Morgan fingerprint density at radius 3 is 2.86 bits per heavy atom. The molecule has 0 aliphatic heterocycles. The van der Waals surface area contributed by atoms with Crippen LogP contribution in [0, 0.1) is 12.3 Å². The summed E-state index contributed by atoms with van der Waals surface area (Å²) in [6, 6.07) is 1.36. The molecule has 0 bridgehead atoms. The summed E-state index contributed by atoms with van der Waals surface area (Å²) < 4.78 is 5.64. The minimum atomic E-state index is -1.06. The molecule has 0 saturated heterocycles. The van der Waals surface area contributed by atoms with Gasteiger partial charge >= 0.3 is 5.97 Å². The number of carbonyl (C=O) groups is 1. The number of halogens is 2. The third kappa shape index (κ3) is 2.35. The van der Waals surface area contributed by atoms with E-state index in [9.17, 15) is 9.59 Å².